The molecule has 7 heteroatoms. The lowest BCUT2D eigenvalue weighted by atomic mass is 10.2. The van der Waals surface area contributed by atoms with Crippen molar-refractivity contribution in [3.8, 4) is 11.5 Å². The lowest BCUT2D eigenvalue weighted by Gasteiger charge is -2.12. The van der Waals surface area contributed by atoms with Crippen LogP contribution < -0.4 is 20.9 Å². The Balaban J connectivity index is 2.13. The van der Waals surface area contributed by atoms with E-state index in [9.17, 15) is 0 Å². The lowest BCUT2D eigenvalue weighted by Crippen LogP contribution is -2.21. The zero-order chi connectivity index (χ0) is 17.4. The van der Waals surface area contributed by atoms with Gasteiger partial charge in [-0.1, -0.05) is 23.7 Å². The fourth-order valence-corrected chi connectivity index (χ4v) is 2.16. The summed E-state index contributed by atoms with van der Waals surface area (Å²) in [6.45, 7) is 2.81. The minimum absolute atomic E-state index is 0.0993. The Bertz CT molecular complexity index is 743. The Labute approximate surface area is 145 Å². The number of hydrogen-bond acceptors (Lipinski definition) is 4. The van der Waals surface area contributed by atoms with Gasteiger partial charge in [0, 0.05) is 5.02 Å². The molecule has 0 atom stereocenters. The fourth-order valence-electron chi connectivity index (χ4n) is 1.94. The van der Waals surface area contributed by atoms with Crippen LogP contribution in [-0.2, 0) is 6.61 Å². The molecule has 0 aliphatic carbocycles. The van der Waals surface area contributed by atoms with Crippen molar-refractivity contribution >= 4 is 23.8 Å². The van der Waals surface area contributed by atoms with Crippen LogP contribution in [0.1, 0.15) is 18.1 Å². The Hall–Kier alpha value is -2.73. The minimum atomic E-state index is -0.0993. The second-order valence-corrected chi connectivity index (χ2v) is 5.26. The van der Waals surface area contributed by atoms with E-state index < -0.39 is 0 Å². The largest absolute Gasteiger partial charge is 0.490 e. The van der Waals surface area contributed by atoms with Crippen molar-refractivity contribution in [2.45, 2.75) is 13.5 Å². The summed E-state index contributed by atoms with van der Waals surface area (Å²) in [7, 11) is 0. The first kappa shape index (κ1) is 17.6. The highest BCUT2D eigenvalue weighted by Crippen LogP contribution is 2.29. The van der Waals surface area contributed by atoms with Crippen LogP contribution in [0.5, 0.6) is 11.5 Å². The number of nitrogens with zero attached hydrogens (tertiary/aromatic N) is 2. The molecule has 0 bridgehead atoms. The van der Waals surface area contributed by atoms with E-state index in [1.165, 1.54) is 6.21 Å². The third kappa shape index (κ3) is 5.48. The highest BCUT2D eigenvalue weighted by molar-refractivity contribution is 6.30. The molecule has 0 unspecified atom stereocenters. The summed E-state index contributed by atoms with van der Waals surface area (Å²) in [6, 6.07) is 13.0. The molecule has 0 saturated carbocycles. The van der Waals surface area contributed by atoms with Gasteiger partial charge in [-0.2, -0.15) is 5.10 Å². The average Bonchev–Trinajstić information content (AvgIpc) is 2.54. The molecule has 0 saturated heterocycles. The van der Waals surface area contributed by atoms with Crippen molar-refractivity contribution in [3.63, 3.8) is 0 Å². The third-order valence-electron chi connectivity index (χ3n) is 2.93. The maximum absolute atomic E-state index is 5.98. The molecule has 0 fully saturated rings. The van der Waals surface area contributed by atoms with Gasteiger partial charge in [0.25, 0.3) is 0 Å². The summed E-state index contributed by atoms with van der Waals surface area (Å²) in [4.78, 5) is 0. The van der Waals surface area contributed by atoms with Crippen LogP contribution in [0.4, 0.5) is 0 Å². The Kier molecular flexibility index (Phi) is 6.45. The van der Waals surface area contributed by atoms with Crippen LogP contribution in [0.25, 0.3) is 0 Å². The summed E-state index contributed by atoms with van der Waals surface area (Å²) in [6.07, 6.45) is 1.53. The number of rotatable bonds is 7. The van der Waals surface area contributed by atoms with Gasteiger partial charge in [-0.3, -0.25) is 0 Å². The van der Waals surface area contributed by atoms with E-state index in [1.807, 2.05) is 49.4 Å². The Morgan fingerprint density at radius 1 is 1.12 bits per heavy atom. The van der Waals surface area contributed by atoms with E-state index in [0.29, 0.717) is 29.7 Å². The number of hydrogen-bond donors (Lipinski definition) is 2. The van der Waals surface area contributed by atoms with Crippen molar-refractivity contribution in [1.29, 1.82) is 0 Å². The van der Waals surface area contributed by atoms with Crippen LogP contribution in [-0.4, -0.2) is 18.8 Å². The van der Waals surface area contributed by atoms with Crippen LogP contribution >= 0.6 is 11.6 Å². The lowest BCUT2D eigenvalue weighted by molar-refractivity contribution is 0.269. The van der Waals surface area contributed by atoms with Crippen molar-refractivity contribution in [1.82, 2.24) is 0 Å². The molecule has 0 spiro atoms. The van der Waals surface area contributed by atoms with E-state index in [2.05, 4.69) is 10.2 Å². The van der Waals surface area contributed by atoms with Crippen molar-refractivity contribution in [2.24, 2.45) is 21.7 Å². The van der Waals surface area contributed by atoms with E-state index in [-0.39, 0.29) is 5.96 Å². The molecule has 2 aromatic rings. The summed E-state index contributed by atoms with van der Waals surface area (Å²) < 4.78 is 11.5. The van der Waals surface area contributed by atoms with E-state index >= 15 is 0 Å². The van der Waals surface area contributed by atoms with Crippen LogP contribution in [0.2, 0.25) is 5.02 Å². The maximum Gasteiger partial charge on any atom is 0.211 e. The SMILES string of the molecule is CCOc1cc(C=NN=C(N)N)ccc1OCc1cccc(Cl)c1. The van der Waals surface area contributed by atoms with Crippen molar-refractivity contribution in [3.05, 3.63) is 58.6 Å². The minimum Gasteiger partial charge on any atom is -0.490 e. The number of guanidine groups is 1. The van der Waals surface area contributed by atoms with Gasteiger partial charge >= 0.3 is 0 Å². The maximum atomic E-state index is 5.98. The highest BCUT2D eigenvalue weighted by Gasteiger charge is 2.06. The number of benzene rings is 2. The monoisotopic (exact) mass is 346 g/mol. The zero-order valence-electron chi connectivity index (χ0n) is 13.3. The van der Waals surface area contributed by atoms with Crippen LogP contribution in [0.3, 0.4) is 0 Å². The van der Waals surface area contributed by atoms with Gasteiger partial charge < -0.3 is 20.9 Å². The molecular formula is C17H19ClN4O2. The number of halogens is 1. The molecule has 0 aliphatic heterocycles. The molecule has 0 aliphatic rings. The first-order chi connectivity index (χ1) is 11.6. The number of ether oxygens (including phenoxy) is 2. The van der Waals surface area contributed by atoms with Crippen molar-refractivity contribution in [2.75, 3.05) is 6.61 Å². The van der Waals surface area contributed by atoms with Gasteiger partial charge in [0.15, 0.2) is 11.5 Å². The first-order valence-electron chi connectivity index (χ1n) is 7.34. The van der Waals surface area contributed by atoms with Crippen molar-refractivity contribution < 1.29 is 9.47 Å². The second-order valence-electron chi connectivity index (χ2n) is 4.83. The molecule has 0 radical (unpaired) electrons. The molecule has 6 nitrogen and oxygen atoms in total. The Morgan fingerprint density at radius 3 is 2.67 bits per heavy atom. The second kappa shape index (κ2) is 8.79. The van der Waals surface area contributed by atoms with Gasteiger partial charge in [0.05, 0.1) is 12.8 Å². The van der Waals surface area contributed by atoms with E-state index in [0.717, 1.165) is 11.1 Å². The molecule has 0 amide bonds. The first-order valence-corrected chi connectivity index (χ1v) is 7.72. The smallest absolute Gasteiger partial charge is 0.211 e. The molecule has 4 N–H and O–H groups in total. The Morgan fingerprint density at radius 2 is 1.96 bits per heavy atom. The van der Waals surface area contributed by atoms with Crippen LogP contribution in [0.15, 0.2) is 52.7 Å². The molecule has 2 rings (SSSR count). The normalized spacial score (nSPS) is 10.6. The van der Waals surface area contributed by atoms with Gasteiger partial charge in [0.2, 0.25) is 5.96 Å². The van der Waals surface area contributed by atoms with Gasteiger partial charge in [-0.25, -0.2) is 0 Å². The number of nitrogens with two attached hydrogens (primary N) is 2. The summed E-state index contributed by atoms with van der Waals surface area (Å²) in [5.41, 5.74) is 12.2. The van der Waals surface area contributed by atoms with Gasteiger partial charge in [-0.15, -0.1) is 5.10 Å². The van der Waals surface area contributed by atoms with Gasteiger partial charge in [-0.05, 0) is 48.4 Å². The zero-order valence-corrected chi connectivity index (χ0v) is 14.0. The molecular weight excluding hydrogens is 328 g/mol. The summed E-state index contributed by atoms with van der Waals surface area (Å²) in [5, 5.41) is 8.01. The predicted molar refractivity (Wildman–Crippen MR) is 96.8 cm³/mol. The molecule has 24 heavy (non-hydrogen) atoms. The van der Waals surface area contributed by atoms with E-state index in [1.54, 1.807) is 0 Å². The fraction of sp³-hybridized carbons (Fsp3) is 0.176. The third-order valence-corrected chi connectivity index (χ3v) is 3.17. The molecule has 0 heterocycles. The molecule has 2 aromatic carbocycles. The standard InChI is InChI=1S/C17H19ClN4O2/c1-2-23-16-9-12(10-21-22-17(19)20)6-7-15(16)24-11-13-4-3-5-14(18)8-13/h3-10H,2,11H2,1H3,(H4,19,20,22). The topological polar surface area (TPSA) is 95.2 Å². The van der Waals surface area contributed by atoms with Gasteiger partial charge in [0.1, 0.15) is 6.61 Å². The van der Waals surface area contributed by atoms with E-state index in [4.69, 9.17) is 32.5 Å². The quantitative estimate of drug-likeness (QED) is 0.457. The summed E-state index contributed by atoms with van der Waals surface area (Å²) in [5.74, 6) is 1.15. The molecule has 0 aromatic heterocycles. The highest BCUT2D eigenvalue weighted by atomic mass is 35.5. The molecule has 126 valence electrons. The average molecular weight is 347 g/mol. The summed E-state index contributed by atoms with van der Waals surface area (Å²) >= 11 is 5.98. The van der Waals surface area contributed by atoms with Crippen LogP contribution in [0, 0.1) is 0 Å². The predicted octanol–water partition coefficient (Wildman–Crippen LogP) is 2.93.